The third-order valence-corrected chi connectivity index (χ3v) is 4.41. The van der Waals surface area contributed by atoms with Crippen molar-refractivity contribution in [3.63, 3.8) is 0 Å². The van der Waals surface area contributed by atoms with E-state index in [1.807, 2.05) is 18.2 Å². The van der Waals surface area contributed by atoms with E-state index in [1.54, 1.807) is 11.3 Å². The molecule has 0 aliphatic heterocycles. The first-order chi connectivity index (χ1) is 9.19. The Hall–Kier alpha value is -0.710. The average Bonchev–Trinajstić information content (AvgIpc) is 2.81. The van der Waals surface area contributed by atoms with Gasteiger partial charge in [0, 0.05) is 17.1 Å². The Morgan fingerprint density at radius 3 is 2.79 bits per heavy atom. The highest BCUT2D eigenvalue weighted by Gasteiger charge is 2.03. The van der Waals surface area contributed by atoms with Crippen LogP contribution in [-0.2, 0) is 6.54 Å². The van der Waals surface area contributed by atoms with Crippen molar-refractivity contribution in [3.8, 4) is 5.75 Å². The largest absolute Gasteiger partial charge is 0.492 e. The van der Waals surface area contributed by atoms with Gasteiger partial charge >= 0.3 is 0 Å². The fourth-order valence-electron chi connectivity index (χ4n) is 1.58. The molecule has 0 aliphatic rings. The third-order valence-electron chi connectivity index (χ3n) is 2.49. The summed E-state index contributed by atoms with van der Waals surface area (Å²) in [5, 5.41) is 3.99. The molecule has 2 rings (SSSR count). The van der Waals surface area contributed by atoms with Gasteiger partial charge in [0.25, 0.3) is 0 Å². The molecule has 0 aliphatic carbocycles. The van der Waals surface area contributed by atoms with Crippen molar-refractivity contribution in [1.29, 1.82) is 0 Å². The van der Waals surface area contributed by atoms with E-state index in [-0.39, 0.29) is 0 Å². The lowest BCUT2D eigenvalue weighted by molar-refractivity contribution is 0.317. The number of ether oxygens (including phenoxy) is 1. The van der Waals surface area contributed by atoms with E-state index in [1.165, 1.54) is 4.88 Å². The number of benzene rings is 1. The summed E-state index contributed by atoms with van der Waals surface area (Å²) in [5.74, 6) is 0.743. The predicted molar refractivity (Wildman–Crippen MR) is 86.6 cm³/mol. The molecule has 0 amide bonds. The zero-order valence-corrected chi connectivity index (χ0v) is 13.7. The molecule has 2 aromatic rings. The van der Waals surface area contributed by atoms with Crippen LogP contribution in [0.1, 0.15) is 18.2 Å². The van der Waals surface area contributed by atoms with Crippen molar-refractivity contribution in [2.24, 2.45) is 0 Å². The molecule has 1 aromatic heterocycles. The lowest BCUT2D eigenvalue weighted by Gasteiger charge is -2.10. The third kappa shape index (κ3) is 4.41. The van der Waals surface area contributed by atoms with Gasteiger partial charge in [-0.1, -0.05) is 18.5 Å². The summed E-state index contributed by atoms with van der Waals surface area (Å²) in [7, 11) is 0. The predicted octanol–water partition coefficient (Wildman–Crippen LogP) is 5.56. The molecule has 0 spiro atoms. The molecule has 5 heteroatoms. The van der Waals surface area contributed by atoms with Crippen LogP contribution in [-0.4, -0.2) is 6.61 Å². The Bertz CT molecular complexity index is 544. The molecule has 102 valence electrons. The molecular formula is C14H15BrClNOS. The fraction of sp³-hybridized carbons (Fsp3) is 0.286. The van der Waals surface area contributed by atoms with Crippen LogP contribution in [0.15, 0.2) is 34.1 Å². The first-order valence-electron chi connectivity index (χ1n) is 6.09. The second kappa shape index (κ2) is 7.17. The van der Waals surface area contributed by atoms with E-state index in [0.29, 0.717) is 11.6 Å². The molecule has 0 saturated heterocycles. The molecule has 1 aromatic carbocycles. The van der Waals surface area contributed by atoms with Crippen LogP contribution in [0.25, 0.3) is 0 Å². The summed E-state index contributed by atoms with van der Waals surface area (Å²) < 4.78 is 6.69. The lowest BCUT2D eigenvalue weighted by atomic mass is 10.3. The van der Waals surface area contributed by atoms with Crippen LogP contribution in [0.5, 0.6) is 5.75 Å². The molecule has 0 radical (unpaired) electrons. The second-order valence-corrected chi connectivity index (χ2v) is 7.01. The van der Waals surface area contributed by atoms with Gasteiger partial charge in [-0.2, -0.15) is 0 Å². The van der Waals surface area contributed by atoms with Gasteiger partial charge in [0.2, 0.25) is 0 Å². The van der Waals surface area contributed by atoms with E-state index < -0.39 is 0 Å². The highest BCUT2D eigenvalue weighted by Crippen LogP contribution is 2.28. The Balaban J connectivity index is 1.95. The number of nitrogens with one attached hydrogen (secondary N) is 1. The maximum atomic E-state index is 6.18. The zero-order chi connectivity index (χ0) is 13.7. The van der Waals surface area contributed by atoms with Crippen LogP contribution in [0.3, 0.4) is 0 Å². The molecule has 0 unspecified atom stereocenters. The van der Waals surface area contributed by atoms with Gasteiger partial charge < -0.3 is 10.1 Å². The first kappa shape index (κ1) is 14.7. The normalized spacial score (nSPS) is 10.5. The van der Waals surface area contributed by atoms with Gasteiger partial charge in [-0.25, -0.2) is 0 Å². The Kier molecular flexibility index (Phi) is 5.55. The van der Waals surface area contributed by atoms with Crippen LogP contribution in [0.4, 0.5) is 5.69 Å². The average molecular weight is 361 g/mol. The summed E-state index contributed by atoms with van der Waals surface area (Å²) in [5.41, 5.74) is 0.998. The lowest BCUT2D eigenvalue weighted by Crippen LogP contribution is -1.99. The standard InChI is InChI=1S/C14H15BrClNOS/c1-2-7-18-13-5-3-10(8-12(13)16)17-9-11-4-6-14(15)19-11/h3-6,8,17H,2,7,9H2,1H3. The Morgan fingerprint density at radius 1 is 1.32 bits per heavy atom. The van der Waals surface area contributed by atoms with Gasteiger partial charge in [-0.15, -0.1) is 11.3 Å². The van der Waals surface area contributed by atoms with Crippen LogP contribution in [0, 0.1) is 0 Å². The SMILES string of the molecule is CCCOc1ccc(NCc2ccc(Br)s2)cc1Cl. The van der Waals surface area contributed by atoms with Crippen LogP contribution >= 0.6 is 38.9 Å². The quantitative estimate of drug-likeness (QED) is 0.727. The number of anilines is 1. The summed E-state index contributed by atoms with van der Waals surface area (Å²) >= 11 is 11.4. The Morgan fingerprint density at radius 2 is 2.16 bits per heavy atom. The molecule has 0 bridgehead atoms. The number of hydrogen-bond acceptors (Lipinski definition) is 3. The molecule has 1 N–H and O–H groups in total. The topological polar surface area (TPSA) is 21.3 Å². The molecule has 2 nitrogen and oxygen atoms in total. The van der Waals surface area contributed by atoms with Crippen molar-refractivity contribution in [2.45, 2.75) is 19.9 Å². The second-order valence-electron chi connectivity index (χ2n) is 4.05. The molecular weight excluding hydrogens is 346 g/mol. The number of rotatable bonds is 6. The van der Waals surface area contributed by atoms with E-state index in [0.717, 1.165) is 28.2 Å². The summed E-state index contributed by atoms with van der Waals surface area (Å²) in [6.45, 7) is 3.56. The summed E-state index contributed by atoms with van der Waals surface area (Å²) in [4.78, 5) is 1.27. The highest BCUT2D eigenvalue weighted by molar-refractivity contribution is 9.11. The summed E-state index contributed by atoms with van der Waals surface area (Å²) in [6.07, 6.45) is 0.976. The number of thiophene rings is 1. The van der Waals surface area contributed by atoms with Crippen LogP contribution < -0.4 is 10.1 Å². The smallest absolute Gasteiger partial charge is 0.138 e. The van der Waals surface area contributed by atoms with E-state index in [9.17, 15) is 0 Å². The van der Waals surface area contributed by atoms with Crippen molar-refractivity contribution in [2.75, 3.05) is 11.9 Å². The van der Waals surface area contributed by atoms with Gasteiger partial charge in [0.15, 0.2) is 0 Å². The van der Waals surface area contributed by atoms with Gasteiger partial charge in [0.1, 0.15) is 5.75 Å². The van der Waals surface area contributed by atoms with Crippen molar-refractivity contribution in [3.05, 3.63) is 44.0 Å². The Labute approximate surface area is 130 Å². The van der Waals surface area contributed by atoms with Gasteiger partial charge in [-0.05, 0) is 52.7 Å². The minimum Gasteiger partial charge on any atom is -0.492 e. The molecule has 1 heterocycles. The van der Waals surface area contributed by atoms with Gasteiger partial charge in [-0.3, -0.25) is 0 Å². The zero-order valence-electron chi connectivity index (χ0n) is 10.6. The minimum atomic E-state index is 0.644. The minimum absolute atomic E-state index is 0.644. The molecule has 0 fully saturated rings. The highest BCUT2D eigenvalue weighted by atomic mass is 79.9. The maximum absolute atomic E-state index is 6.18. The number of hydrogen-bond donors (Lipinski definition) is 1. The van der Waals surface area contributed by atoms with Crippen LogP contribution in [0.2, 0.25) is 5.02 Å². The van der Waals surface area contributed by atoms with E-state index in [4.69, 9.17) is 16.3 Å². The van der Waals surface area contributed by atoms with E-state index in [2.05, 4.69) is 40.3 Å². The van der Waals surface area contributed by atoms with Crippen molar-refractivity contribution >= 4 is 44.6 Å². The molecule has 0 atom stereocenters. The number of halogens is 2. The maximum Gasteiger partial charge on any atom is 0.138 e. The van der Waals surface area contributed by atoms with E-state index >= 15 is 0 Å². The molecule has 0 saturated carbocycles. The van der Waals surface area contributed by atoms with Gasteiger partial charge in [0.05, 0.1) is 15.4 Å². The fourth-order valence-corrected chi connectivity index (χ4v) is 3.23. The molecule has 19 heavy (non-hydrogen) atoms. The monoisotopic (exact) mass is 359 g/mol. The summed E-state index contributed by atoms with van der Waals surface area (Å²) in [6, 6.07) is 9.94. The van der Waals surface area contributed by atoms with Crippen molar-refractivity contribution in [1.82, 2.24) is 0 Å². The van der Waals surface area contributed by atoms with Crippen molar-refractivity contribution < 1.29 is 4.74 Å². The first-order valence-corrected chi connectivity index (χ1v) is 8.08.